The lowest BCUT2D eigenvalue weighted by Crippen LogP contribution is -2.51. The predicted molar refractivity (Wildman–Crippen MR) is 84.8 cm³/mol. The number of aliphatic hydroxyl groups is 2. The van der Waals surface area contributed by atoms with Gasteiger partial charge in [-0.25, -0.2) is 0 Å². The van der Waals surface area contributed by atoms with E-state index in [1.54, 1.807) is 26.0 Å². The highest BCUT2D eigenvalue weighted by molar-refractivity contribution is 5.86. The van der Waals surface area contributed by atoms with Crippen molar-refractivity contribution in [1.29, 1.82) is 0 Å². The molecule has 0 saturated carbocycles. The second kappa shape index (κ2) is 5.51. The number of nitrogens with one attached hydrogen (secondary N) is 1. The first-order valence-electron chi connectivity index (χ1n) is 7.67. The summed E-state index contributed by atoms with van der Waals surface area (Å²) < 4.78 is 5.42. The molecule has 5 nitrogen and oxygen atoms in total. The van der Waals surface area contributed by atoms with Crippen LogP contribution < -0.4 is 5.32 Å². The Balaban J connectivity index is 1.66. The van der Waals surface area contributed by atoms with Crippen LogP contribution in [0, 0.1) is 6.92 Å². The molecule has 0 fully saturated rings. The average molecular weight is 315 g/mol. The Labute approximate surface area is 134 Å². The lowest BCUT2D eigenvalue weighted by atomic mass is 9.98. The zero-order chi connectivity index (χ0) is 16.7. The fraction of sp³-hybridized carbons (Fsp3) is 0.389. The zero-order valence-corrected chi connectivity index (χ0v) is 13.3. The van der Waals surface area contributed by atoms with Gasteiger partial charge in [-0.2, -0.15) is 0 Å². The maximum Gasteiger partial charge on any atom is 0.252 e. The van der Waals surface area contributed by atoms with Crippen molar-refractivity contribution in [2.45, 2.75) is 37.9 Å². The smallest absolute Gasteiger partial charge is 0.252 e. The molecule has 1 aromatic heterocycles. The fourth-order valence-electron chi connectivity index (χ4n) is 2.98. The Morgan fingerprint density at radius 1 is 1.26 bits per heavy atom. The first-order chi connectivity index (χ1) is 10.8. The minimum absolute atomic E-state index is 0.0303. The number of aryl methyl sites for hydroxylation is 1. The van der Waals surface area contributed by atoms with Crippen molar-refractivity contribution in [3.8, 4) is 0 Å². The molecular weight excluding hydrogens is 294 g/mol. The molecule has 5 heteroatoms. The molecule has 122 valence electrons. The van der Waals surface area contributed by atoms with Crippen molar-refractivity contribution in [2.24, 2.45) is 0 Å². The Morgan fingerprint density at radius 2 is 1.87 bits per heavy atom. The normalized spacial score (nSPS) is 18.3. The SMILES string of the molecule is Cc1ccc([C@](C)(O)CNC(=O)C2(O)Cc3ccccc3C2)o1. The van der Waals surface area contributed by atoms with E-state index in [1.807, 2.05) is 24.3 Å². The number of hydrogen-bond acceptors (Lipinski definition) is 4. The molecule has 0 unspecified atom stereocenters. The van der Waals surface area contributed by atoms with Gasteiger partial charge in [0, 0.05) is 12.8 Å². The molecule has 2 aromatic rings. The van der Waals surface area contributed by atoms with Crippen LogP contribution in [0.2, 0.25) is 0 Å². The van der Waals surface area contributed by atoms with E-state index in [4.69, 9.17) is 4.42 Å². The summed E-state index contributed by atoms with van der Waals surface area (Å²) in [5.74, 6) is 0.603. The lowest BCUT2D eigenvalue weighted by Gasteiger charge is -2.26. The fourth-order valence-corrected chi connectivity index (χ4v) is 2.98. The van der Waals surface area contributed by atoms with Gasteiger partial charge in [-0.3, -0.25) is 4.79 Å². The number of furan rings is 1. The number of fused-ring (bicyclic) bond motifs is 1. The van der Waals surface area contributed by atoms with E-state index in [1.165, 1.54) is 0 Å². The molecule has 1 amide bonds. The van der Waals surface area contributed by atoms with E-state index in [9.17, 15) is 15.0 Å². The van der Waals surface area contributed by atoms with Crippen LogP contribution >= 0.6 is 0 Å². The molecule has 3 N–H and O–H groups in total. The van der Waals surface area contributed by atoms with Gasteiger partial charge in [-0.15, -0.1) is 0 Å². The van der Waals surface area contributed by atoms with Crippen LogP contribution in [0.3, 0.4) is 0 Å². The molecule has 0 bridgehead atoms. The minimum atomic E-state index is -1.46. The van der Waals surface area contributed by atoms with E-state index >= 15 is 0 Å². The number of amides is 1. The Kier molecular flexibility index (Phi) is 3.78. The number of rotatable bonds is 4. The third-order valence-corrected chi connectivity index (χ3v) is 4.37. The summed E-state index contributed by atoms with van der Waals surface area (Å²) in [5, 5.41) is 23.7. The molecule has 0 spiro atoms. The molecule has 0 saturated heterocycles. The number of hydrogen-bond donors (Lipinski definition) is 3. The Bertz CT molecular complexity index is 707. The van der Waals surface area contributed by atoms with Crippen molar-refractivity contribution in [3.05, 3.63) is 59.0 Å². The zero-order valence-electron chi connectivity index (χ0n) is 13.3. The van der Waals surface area contributed by atoms with Crippen molar-refractivity contribution in [1.82, 2.24) is 5.32 Å². The van der Waals surface area contributed by atoms with Crippen molar-refractivity contribution >= 4 is 5.91 Å². The second-order valence-corrected chi connectivity index (χ2v) is 6.52. The van der Waals surface area contributed by atoms with E-state index in [0.717, 1.165) is 11.1 Å². The summed E-state index contributed by atoms with van der Waals surface area (Å²) in [4.78, 5) is 12.4. The van der Waals surface area contributed by atoms with E-state index in [-0.39, 0.29) is 19.4 Å². The second-order valence-electron chi connectivity index (χ2n) is 6.52. The van der Waals surface area contributed by atoms with Gasteiger partial charge < -0.3 is 19.9 Å². The van der Waals surface area contributed by atoms with Gasteiger partial charge in [-0.1, -0.05) is 24.3 Å². The molecule has 1 atom stereocenters. The Morgan fingerprint density at radius 3 is 2.39 bits per heavy atom. The Hall–Kier alpha value is -2.11. The summed E-state index contributed by atoms with van der Waals surface area (Å²) in [6.07, 6.45) is 0.577. The first-order valence-corrected chi connectivity index (χ1v) is 7.67. The van der Waals surface area contributed by atoms with Gasteiger partial charge in [0.05, 0.1) is 6.54 Å². The van der Waals surface area contributed by atoms with Crippen LogP contribution in [0.15, 0.2) is 40.8 Å². The van der Waals surface area contributed by atoms with Gasteiger partial charge in [-0.05, 0) is 37.1 Å². The summed E-state index contributed by atoms with van der Waals surface area (Å²) in [5.41, 5.74) is -0.818. The maximum atomic E-state index is 12.4. The largest absolute Gasteiger partial charge is 0.463 e. The number of carbonyl (C=O) groups is 1. The molecule has 1 aliphatic rings. The predicted octanol–water partition coefficient (Wildman–Crippen LogP) is 1.44. The van der Waals surface area contributed by atoms with Crippen LogP contribution in [0.4, 0.5) is 0 Å². The topological polar surface area (TPSA) is 82.7 Å². The molecular formula is C18H21NO4. The van der Waals surface area contributed by atoms with E-state index < -0.39 is 17.1 Å². The third kappa shape index (κ3) is 3.02. The van der Waals surface area contributed by atoms with Crippen molar-refractivity contribution in [2.75, 3.05) is 6.54 Å². The summed E-state index contributed by atoms with van der Waals surface area (Å²) in [6.45, 7) is 3.33. The molecule has 1 aliphatic carbocycles. The highest BCUT2D eigenvalue weighted by Crippen LogP contribution is 2.30. The maximum absolute atomic E-state index is 12.4. The van der Waals surface area contributed by atoms with Crippen LogP contribution in [-0.4, -0.2) is 28.3 Å². The highest BCUT2D eigenvalue weighted by atomic mass is 16.4. The number of carbonyl (C=O) groups excluding carboxylic acids is 1. The lowest BCUT2D eigenvalue weighted by molar-refractivity contribution is -0.140. The van der Waals surface area contributed by atoms with Crippen molar-refractivity contribution in [3.63, 3.8) is 0 Å². The van der Waals surface area contributed by atoms with E-state index in [0.29, 0.717) is 11.5 Å². The standard InChI is InChI=1S/C18H21NO4/c1-12-7-8-15(23-12)17(2,21)11-19-16(20)18(22)9-13-5-3-4-6-14(13)10-18/h3-8,21-22H,9-11H2,1-2H3,(H,19,20)/t17-/m1/s1. The average Bonchev–Trinajstić information content (AvgIpc) is 3.08. The molecule has 0 aliphatic heterocycles. The van der Waals surface area contributed by atoms with Crippen molar-refractivity contribution < 1.29 is 19.4 Å². The van der Waals surface area contributed by atoms with E-state index in [2.05, 4.69) is 5.32 Å². The molecule has 1 aromatic carbocycles. The van der Waals surface area contributed by atoms with Gasteiger partial charge in [0.15, 0.2) is 5.60 Å². The van der Waals surface area contributed by atoms with Crippen LogP contribution in [0.5, 0.6) is 0 Å². The van der Waals surface area contributed by atoms with Gasteiger partial charge >= 0.3 is 0 Å². The summed E-state index contributed by atoms with van der Waals surface area (Å²) in [6, 6.07) is 11.1. The molecule has 23 heavy (non-hydrogen) atoms. The molecule has 3 rings (SSSR count). The van der Waals surface area contributed by atoms with Gasteiger partial charge in [0.2, 0.25) is 0 Å². The minimum Gasteiger partial charge on any atom is -0.463 e. The first kappa shape index (κ1) is 15.8. The summed E-state index contributed by atoms with van der Waals surface area (Å²) >= 11 is 0. The third-order valence-electron chi connectivity index (χ3n) is 4.37. The van der Waals surface area contributed by atoms with Gasteiger partial charge in [0.25, 0.3) is 5.91 Å². The van der Waals surface area contributed by atoms with Crippen LogP contribution in [0.1, 0.15) is 29.6 Å². The quantitative estimate of drug-likeness (QED) is 0.797. The van der Waals surface area contributed by atoms with Gasteiger partial charge in [0.1, 0.15) is 17.1 Å². The summed E-state index contributed by atoms with van der Waals surface area (Å²) in [7, 11) is 0. The highest BCUT2D eigenvalue weighted by Gasteiger charge is 2.42. The molecule has 1 heterocycles. The molecule has 0 radical (unpaired) electrons. The monoisotopic (exact) mass is 315 g/mol. The van der Waals surface area contributed by atoms with Crippen LogP contribution in [0.25, 0.3) is 0 Å². The number of benzene rings is 1. The van der Waals surface area contributed by atoms with Crippen LogP contribution in [-0.2, 0) is 23.2 Å².